The van der Waals surface area contributed by atoms with E-state index in [1.165, 1.54) is 18.5 Å². The van der Waals surface area contributed by atoms with Crippen LogP contribution in [0, 0.1) is 0 Å². The van der Waals surface area contributed by atoms with Gasteiger partial charge in [-0.25, -0.2) is 8.42 Å². The van der Waals surface area contributed by atoms with Crippen LogP contribution in [0.3, 0.4) is 0 Å². The van der Waals surface area contributed by atoms with Crippen LogP contribution >= 0.6 is 11.8 Å². The Kier molecular flexibility index (Phi) is 5.16. The summed E-state index contributed by atoms with van der Waals surface area (Å²) in [6.45, 7) is 0. The van der Waals surface area contributed by atoms with E-state index in [0.29, 0.717) is 10.1 Å². The van der Waals surface area contributed by atoms with Gasteiger partial charge in [0.1, 0.15) is 6.33 Å². The monoisotopic (exact) mass is 414 g/mol. The second-order valence-corrected chi connectivity index (χ2v) is 8.08. The van der Waals surface area contributed by atoms with Gasteiger partial charge in [0, 0.05) is 11.9 Å². The highest BCUT2D eigenvalue weighted by atomic mass is 32.2. The number of aromatic nitrogens is 3. The number of para-hydroxylation sites is 1. The second kappa shape index (κ2) is 7.24. The van der Waals surface area contributed by atoms with Crippen LogP contribution in [0.4, 0.5) is 18.9 Å². The predicted molar refractivity (Wildman–Crippen MR) is 93.8 cm³/mol. The standard InChI is InChI=1S/C16H13F3N4O2S2/c1-23-10-20-21-15(23)26-13-8-4-3-7-12(13)22-27(24,25)14-9-5-2-6-11(14)16(17,18)19/h2-10,22H,1H3. The van der Waals surface area contributed by atoms with Crippen LogP contribution in [0.2, 0.25) is 0 Å². The molecule has 11 heteroatoms. The zero-order valence-electron chi connectivity index (χ0n) is 13.8. The van der Waals surface area contributed by atoms with Crippen molar-refractivity contribution in [3.8, 4) is 0 Å². The Hall–Kier alpha value is -2.53. The molecule has 3 aromatic rings. The maximum Gasteiger partial charge on any atom is 0.417 e. The number of nitrogens with one attached hydrogen (secondary N) is 1. The van der Waals surface area contributed by atoms with Crippen molar-refractivity contribution in [3.63, 3.8) is 0 Å². The van der Waals surface area contributed by atoms with Crippen molar-refractivity contribution < 1.29 is 21.6 Å². The molecule has 0 atom stereocenters. The second-order valence-electron chi connectivity index (χ2n) is 5.42. The molecule has 1 heterocycles. The van der Waals surface area contributed by atoms with E-state index in [1.54, 1.807) is 29.8 Å². The molecule has 142 valence electrons. The highest BCUT2D eigenvalue weighted by Crippen LogP contribution is 2.36. The lowest BCUT2D eigenvalue weighted by Gasteiger charge is -2.15. The van der Waals surface area contributed by atoms with E-state index in [9.17, 15) is 21.6 Å². The van der Waals surface area contributed by atoms with Gasteiger partial charge < -0.3 is 4.57 Å². The van der Waals surface area contributed by atoms with E-state index < -0.39 is 26.7 Å². The van der Waals surface area contributed by atoms with Gasteiger partial charge in [-0.05, 0) is 36.0 Å². The third kappa shape index (κ3) is 4.25. The number of alkyl halides is 3. The molecule has 0 fully saturated rings. The number of anilines is 1. The maximum atomic E-state index is 13.2. The van der Waals surface area contributed by atoms with Gasteiger partial charge in [-0.1, -0.05) is 24.3 Å². The number of hydrogen-bond acceptors (Lipinski definition) is 5. The summed E-state index contributed by atoms with van der Waals surface area (Å²) in [7, 11) is -2.75. The quantitative estimate of drug-likeness (QED) is 0.688. The summed E-state index contributed by atoms with van der Waals surface area (Å²) in [5, 5.41) is 8.14. The summed E-state index contributed by atoms with van der Waals surface area (Å²) in [5.41, 5.74) is -1.08. The summed E-state index contributed by atoms with van der Waals surface area (Å²) in [4.78, 5) is -0.363. The molecule has 27 heavy (non-hydrogen) atoms. The summed E-state index contributed by atoms with van der Waals surface area (Å²) in [6, 6.07) is 10.4. The number of benzene rings is 2. The summed E-state index contributed by atoms with van der Waals surface area (Å²) in [6.07, 6.45) is -3.31. The number of sulfonamides is 1. The fourth-order valence-electron chi connectivity index (χ4n) is 2.24. The Morgan fingerprint density at radius 2 is 1.74 bits per heavy atom. The minimum Gasteiger partial charge on any atom is -0.311 e. The van der Waals surface area contributed by atoms with Crippen molar-refractivity contribution in [1.82, 2.24) is 14.8 Å². The average molecular weight is 414 g/mol. The van der Waals surface area contributed by atoms with Crippen molar-refractivity contribution in [3.05, 3.63) is 60.4 Å². The number of nitrogens with zero attached hydrogens (tertiary/aromatic N) is 3. The zero-order chi connectivity index (χ0) is 19.7. The molecule has 0 aliphatic rings. The lowest BCUT2D eigenvalue weighted by atomic mass is 10.2. The molecule has 0 aliphatic heterocycles. The molecule has 0 unspecified atom stereocenters. The normalized spacial score (nSPS) is 12.1. The zero-order valence-corrected chi connectivity index (χ0v) is 15.4. The van der Waals surface area contributed by atoms with E-state index >= 15 is 0 Å². The first-order valence-corrected chi connectivity index (χ1v) is 9.78. The van der Waals surface area contributed by atoms with Crippen LogP contribution in [0.15, 0.2) is 69.8 Å². The Morgan fingerprint density at radius 1 is 1.07 bits per heavy atom. The van der Waals surface area contributed by atoms with Gasteiger partial charge in [0.2, 0.25) is 0 Å². The van der Waals surface area contributed by atoms with Crippen molar-refractivity contribution in [2.45, 2.75) is 21.1 Å². The van der Waals surface area contributed by atoms with Gasteiger partial charge >= 0.3 is 6.18 Å². The summed E-state index contributed by atoms with van der Waals surface area (Å²) < 4.78 is 68.7. The maximum absolute atomic E-state index is 13.2. The van der Waals surface area contributed by atoms with Gasteiger partial charge in [-0.2, -0.15) is 13.2 Å². The minimum atomic E-state index is -4.79. The topological polar surface area (TPSA) is 76.9 Å². The molecule has 2 aromatic carbocycles. The van der Waals surface area contributed by atoms with Crippen molar-refractivity contribution in [1.29, 1.82) is 0 Å². The van der Waals surface area contributed by atoms with E-state index in [2.05, 4.69) is 14.9 Å². The van der Waals surface area contributed by atoms with E-state index in [1.807, 2.05) is 0 Å². The Balaban J connectivity index is 1.98. The van der Waals surface area contributed by atoms with Gasteiger partial charge in [0.25, 0.3) is 10.0 Å². The number of rotatable bonds is 5. The predicted octanol–water partition coefficient (Wildman–Crippen LogP) is 3.79. The van der Waals surface area contributed by atoms with E-state index in [0.717, 1.165) is 30.0 Å². The van der Waals surface area contributed by atoms with Crippen LogP contribution in [0.1, 0.15) is 5.56 Å². The third-order valence-corrected chi connectivity index (χ3v) is 6.04. The molecular formula is C16H13F3N4O2S2. The van der Waals surface area contributed by atoms with Crippen LogP contribution in [-0.4, -0.2) is 23.2 Å². The smallest absolute Gasteiger partial charge is 0.311 e. The van der Waals surface area contributed by atoms with Crippen molar-refractivity contribution >= 4 is 27.5 Å². The van der Waals surface area contributed by atoms with Gasteiger partial charge in [-0.15, -0.1) is 10.2 Å². The number of halogens is 3. The van der Waals surface area contributed by atoms with Crippen LogP contribution in [-0.2, 0) is 23.2 Å². The molecule has 3 rings (SSSR count). The lowest BCUT2D eigenvalue weighted by Crippen LogP contribution is -2.19. The molecule has 0 spiro atoms. The molecule has 1 aromatic heterocycles. The van der Waals surface area contributed by atoms with Crippen molar-refractivity contribution in [2.75, 3.05) is 4.72 Å². The van der Waals surface area contributed by atoms with E-state index in [4.69, 9.17) is 0 Å². The first-order chi connectivity index (χ1) is 12.7. The lowest BCUT2D eigenvalue weighted by molar-refractivity contribution is -0.139. The molecular weight excluding hydrogens is 401 g/mol. The number of hydrogen-bond donors (Lipinski definition) is 1. The van der Waals surface area contributed by atoms with Crippen LogP contribution in [0.25, 0.3) is 0 Å². The highest BCUT2D eigenvalue weighted by Gasteiger charge is 2.37. The molecule has 6 nitrogen and oxygen atoms in total. The largest absolute Gasteiger partial charge is 0.417 e. The van der Waals surface area contributed by atoms with E-state index in [-0.39, 0.29) is 5.69 Å². The molecule has 0 bridgehead atoms. The molecule has 1 N–H and O–H groups in total. The van der Waals surface area contributed by atoms with Crippen LogP contribution < -0.4 is 4.72 Å². The van der Waals surface area contributed by atoms with Crippen LogP contribution in [0.5, 0.6) is 0 Å². The summed E-state index contributed by atoms with van der Waals surface area (Å²) >= 11 is 1.13. The highest BCUT2D eigenvalue weighted by molar-refractivity contribution is 7.99. The molecule has 0 aliphatic carbocycles. The Bertz CT molecular complexity index is 1070. The molecule has 0 saturated heterocycles. The number of aryl methyl sites for hydroxylation is 1. The fraction of sp³-hybridized carbons (Fsp3) is 0.125. The Labute approximate surface area is 157 Å². The fourth-order valence-corrected chi connectivity index (χ4v) is 4.46. The minimum absolute atomic E-state index is 0.141. The SMILES string of the molecule is Cn1cnnc1Sc1ccccc1NS(=O)(=O)c1ccccc1C(F)(F)F. The van der Waals surface area contributed by atoms with Crippen molar-refractivity contribution in [2.24, 2.45) is 7.05 Å². The summed E-state index contributed by atoms with van der Waals surface area (Å²) in [5.74, 6) is 0. The van der Waals surface area contributed by atoms with Gasteiger partial charge in [-0.3, -0.25) is 4.72 Å². The first kappa shape index (κ1) is 19.2. The Morgan fingerprint density at radius 3 is 2.41 bits per heavy atom. The average Bonchev–Trinajstić information content (AvgIpc) is 3.00. The molecule has 0 amide bonds. The van der Waals surface area contributed by atoms with Gasteiger partial charge in [0.15, 0.2) is 5.16 Å². The van der Waals surface area contributed by atoms with Gasteiger partial charge in [0.05, 0.1) is 16.1 Å². The first-order valence-electron chi connectivity index (χ1n) is 7.48. The molecule has 0 saturated carbocycles. The molecule has 0 radical (unpaired) electrons. The third-order valence-electron chi connectivity index (χ3n) is 3.48.